The summed E-state index contributed by atoms with van der Waals surface area (Å²) < 4.78 is 10.2. The molecule has 112 valence electrons. The molecule has 0 atom stereocenters. The molecule has 0 unspecified atom stereocenters. The number of carbonyl (C=O) groups excluding carboxylic acids is 1. The van der Waals surface area contributed by atoms with E-state index >= 15 is 0 Å². The predicted octanol–water partition coefficient (Wildman–Crippen LogP) is 2.02. The largest absolute Gasteiger partial charge is 0.495 e. The minimum atomic E-state index is -0.0369. The average molecular weight is 280 g/mol. The topological polar surface area (TPSA) is 64.8 Å². The molecule has 0 fully saturated rings. The number of ether oxygens (including phenoxy) is 2. The Morgan fingerprint density at radius 2 is 2.05 bits per heavy atom. The maximum Gasteiger partial charge on any atom is 0.254 e. The summed E-state index contributed by atoms with van der Waals surface area (Å²) >= 11 is 0. The summed E-state index contributed by atoms with van der Waals surface area (Å²) in [5.41, 5.74) is 6.89. The molecule has 1 aromatic carbocycles. The molecular weight excluding hydrogens is 256 g/mol. The molecule has 0 aromatic heterocycles. The lowest BCUT2D eigenvalue weighted by atomic mass is 10.1. The fourth-order valence-electron chi connectivity index (χ4n) is 1.97. The van der Waals surface area contributed by atoms with Crippen molar-refractivity contribution in [1.82, 2.24) is 4.90 Å². The first kappa shape index (κ1) is 16.3. The summed E-state index contributed by atoms with van der Waals surface area (Å²) in [4.78, 5) is 14.3. The molecule has 0 bridgehead atoms. The molecule has 0 saturated heterocycles. The summed E-state index contributed by atoms with van der Waals surface area (Å²) in [6, 6.07) is 5.10. The second-order valence-corrected chi connectivity index (χ2v) is 5.09. The minimum absolute atomic E-state index is 0.0369. The zero-order chi connectivity index (χ0) is 15.1. The van der Waals surface area contributed by atoms with Gasteiger partial charge in [0.2, 0.25) is 0 Å². The van der Waals surface area contributed by atoms with Crippen LogP contribution >= 0.6 is 0 Å². The van der Waals surface area contributed by atoms with E-state index in [4.69, 9.17) is 15.2 Å². The Labute approximate surface area is 120 Å². The zero-order valence-electron chi connectivity index (χ0n) is 12.7. The van der Waals surface area contributed by atoms with Gasteiger partial charge in [-0.25, -0.2) is 0 Å². The summed E-state index contributed by atoms with van der Waals surface area (Å²) in [6.45, 7) is 5.93. The van der Waals surface area contributed by atoms with Crippen molar-refractivity contribution in [3.63, 3.8) is 0 Å². The van der Waals surface area contributed by atoms with Crippen LogP contribution in [0.4, 0.5) is 5.69 Å². The predicted molar refractivity (Wildman–Crippen MR) is 80.0 cm³/mol. The van der Waals surface area contributed by atoms with Crippen molar-refractivity contribution in [2.45, 2.75) is 13.8 Å². The number of hydrogen-bond donors (Lipinski definition) is 1. The number of nitrogen functional groups attached to an aromatic ring is 1. The second-order valence-electron chi connectivity index (χ2n) is 5.09. The number of carbonyl (C=O) groups is 1. The first-order chi connectivity index (χ1) is 9.49. The number of anilines is 1. The lowest BCUT2D eigenvalue weighted by Gasteiger charge is -2.24. The van der Waals surface area contributed by atoms with Crippen molar-refractivity contribution in [3.8, 4) is 5.75 Å². The molecule has 1 rings (SSSR count). The van der Waals surface area contributed by atoms with Crippen LogP contribution in [-0.4, -0.2) is 44.7 Å². The van der Waals surface area contributed by atoms with E-state index in [1.807, 2.05) is 0 Å². The van der Waals surface area contributed by atoms with E-state index in [-0.39, 0.29) is 5.91 Å². The van der Waals surface area contributed by atoms with Crippen molar-refractivity contribution >= 4 is 11.6 Å². The number of hydrogen-bond acceptors (Lipinski definition) is 4. The van der Waals surface area contributed by atoms with E-state index in [0.29, 0.717) is 42.6 Å². The van der Waals surface area contributed by atoms with Crippen molar-refractivity contribution in [2.24, 2.45) is 5.92 Å². The molecule has 5 heteroatoms. The number of nitrogens with two attached hydrogens (primary N) is 1. The second kappa shape index (κ2) is 7.75. The Bertz CT molecular complexity index is 447. The Hall–Kier alpha value is -1.75. The molecule has 1 amide bonds. The normalized spacial score (nSPS) is 10.7. The van der Waals surface area contributed by atoms with Crippen LogP contribution in [0.2, 0.25) is 0 Å². The SMILES string of the molecule is COCCN(CC(C)C)C(=O)c1ccc(OC)c(N)c1. The minimum Gasteiger partial charge on any atom is -0.495 e. The summed E-state index contributed by atoms with van der Waals surface area (Å²) in [5, 5.41) is 0. The molecule has 0 saturated carbocycles. The van der Waals surface area contributed by atoms with E-state index in [1.165, 1.54) is 0 Å². The molecule has 0 heterocycles. The standard InChI is InChI=1S/C15H24N2O3/c1-11(2)10-17(7-8-19-3)15(18)12-5-6-14(20-4)13(16)9-12/h5-6,9,11H,7-8,10,16H2,1-4H3. The fraction of sp³-hybridized carbons (Fsp3) is 0.533. The molecule has 20 heavy (non-hydrogen) atoms. The monoisotopic (exact) mass is 280 g/mol. The van der Waals surface area contributed by atoms with E-state index < -0.39 is 0 Å². The van der Waals surface area contributed by atoms with Crippen molar-refractivity contribution in [2.75, 3.05) is 39.6 Å². The van der Waals surface area contributed by atoms with Gasteiger partial charge in [0.05, 0.1) is 19.4 Å². The van der Waals surface area contributed by atoms with Crippen LogP contribution in [0.15, 0.2) is 18.2 Å². The number of nitrogens with zero attached hydrogens (tertiary/aromatic N) is 1. The Balaban J connectivity index is 2.90. The highest BCUT2D eigenvalue weighted by atomic mass is 16.5. The summed E-state index contributed by atoms with van der Waals surface area (Å²) in [6.07, 6.45) is 0. The van der Waals surface area contributed by atoms with Gasteiger partial charge in [0.1, 0.15) is 5.75 Å². The molecule has 0 spiro atoms. The van der Waals surface area contributed by atoms with Gasteiger partial charge in [-0.2, -0.15) is 0 Å². The van der Waals surface area contributed by atoms with Crippen LogP contribution in [0.5, 0.6) is 5.75 Å². The Morgan fingerprint density at radius 3 is 2.55 bits per heavy atom. The van der Waals surface area contributed by atoms with Crippen LogP contribution in [0, 0.1) is 5.92 Å². The van der Waals surface area contributed by atoms with Crippen LogP contribution in [-0.2, 0) is 4.74 Å². The molecule has 0 aliphatic carbocycles. The van der Waals surface area contributed by atoms with E-state index in [0.717, 1.165) is 0 Å². The summed E-state index contributed by atoms with van der Waals surface area (Å²) in [5.74, 6) is 0.936. The molecule has 1 aromatic rings. The molecule has 0 aliphatic heterocycles. The van der Waals surface area contributed by atoms with Gasteiger partial charge < -0.3 is 20.1 Å². The van der Waals surface area contributed by atoms with Crippen molar-refractivity contribution in [1.29, 1.82) is 0 Å². The van der Waals surface area contributed by atoms with Gasteiger partial charge in [0, 0.05) is 25.8 Å². The lowest BCUT2D eigenvalue weighted by Crippen LogP contribution is -2.36. The Kier molecular flexibility index (Phi) is 6.31. The molecular formula is C15H24N2O3. The lowest BCUT2D eigenvalue weighted by molar-refractivity contribution is 0.0672. The van der Waals surface area contributed by atoms with Crippen LogP contribution in [0.25, 0.3) is 0 Å². The van der Waals surface area contributed by atoms with Gasteiger partial charge >= 0.3 is 0 Å². The van der Waals surface area contributed by atoms with Gasteiger partial charge in [-0.1, -0.05) is 13.8 Å². The maximum atomic E-state index is 12.5. The third-order valence-electron chi connectivity index (χ3n) is 2.91. The quantitative estimate of drug-likeness (QED) is 0.776. The smallest absolute Gasteiger partial charge is 0.254 e. The van der Waals surface area contributed by atoms with E-state index in [1.54, 1.807) is 37.3 Å². The number of amides is 1. The first-order valence-corrected chi connectivity index (χ1v) is 6.71. The maximum absolute atomic E-state index is 12.5. The average Bonchev–Trinajstić information content (AvgIpc) is 2.42. The Morgan fingerprint density at radius 1 is 1.35 bits per heavy atom. The summed E-state index contributed by atoms with van der Waals surface area (Å²) in [7, 11) is 3.18. The first-order valence-electron chi connectivity index (χ1n) is 6.71. The highest BCUT2D eigenvalue weighted by molar-refractivity contribution is 5.95. The van der Waals surface area contributed by atoms with Gasteiger partial charge in [0.15, 0.2) is 0 Å². The van der Waals surface area contributed by atoms with Gasteiger partial charge in [0.25, 0.3) is 5.91 Å². The zero-order valence-corrected chi connectivity index (χ0v) is 12.7. The number of methoxy groups -OCH3 is 2. The van der Waals surface area contributed by atoms with Crippen LogP contribution in [0.1, 0.15) is 24.2 Å². The molecule has 5 nitrogen and oxygen atoms in total. The van der Waals surface area contributed by atoms with E-state index in [9.17, 15) is 4.79 Å². The third-order valence-corrected chi connectivity index (χ3v) is 2.91. The van der Waals surface area contributed by atoms with Gasteiger partial charge in [-0.05, 0) is 24.1 Å². The van der Waals surface area contributed by atoms with Crippen LogP contribution in [0.3, 0.4) is 0 Å². The van der Waals surface area contributed by atoms with Gasteiger partial charge in [-0.3, -0.25) is 4.79 Å². The molecule has 2 N–H and O–H groups in total. The number of benzene rings is 1. The highest BCUT2D eigenvalue weighted by Crippen LogP contribution is 2.22. The third kappa shape index (κ3) is 4.42. The number of rotatable bonds is 7. The van der Waals surface area contributed by atoms with Gasteiger partial charge in [-0.15, -0.1) is 0 Å². The van der Waals surface area contributed by atoms with E-state index in [2.05, 4.69) is 13.8 Å². The fourth-order valence-corrected chi connectivity index (χ4v) is 1.97. The van der Waals surface area contributed by atoms with Crippen LogP contribution < -0.4 is 10.5 Å². The highest BCUT2D eigenvalue weighted by Gasteiger charge is 2.17. The van der Waals surface area contributed by atoms with Crippen molar-refractivity contribution < 1.29 is 14.3 Å². The molecule has 0 radical (unpaired) electrons. The van der Waals surface area contributed by atoms with Crippen molar-refractivity contribution in [3.05, 3.63) is 23.8 Å². The molecule has 0 aliphatic rings.